The van der Waals surface area contributed by atoms with Gasteiger partial charge in [-0.3, -0.25) is 10.1 Å². The zero-order chi connectivity index (χ0) is 12.4. The Kier molecular flexibility index (Phi) is 2.51. The Hall–Kier alpha value is -2.81. The van der Waals surface area contributed by atoms with Crippen molar-refractivity contribution in [1.29, 1.82) is 5.26 Å². The molecule has 0 radical (unpaired) electrons. The van der Waals surface area contributed by atoms with Gasteiger partial charge in [-0.25, -0.2) is 0 Å². The maximum absolute atomic E-state index is 10.5. The van der Waals surface area contributed by atoms with Crippen molar-refractivity contribution in [2.45, 2.75) is 0 Å². The molecule has 0 aliphatic carbocycles. The number of benzene rings is 1. The standard InChI is InChI=1S/C11H7N3O3/c12-5-9-10(6-17-11(9)13)7-1-3-8(4-2-7)14(15)16/h1-4,6H,13H2. The van der Waals surface area contributed by atoms with Gasteiger partial charge >= 0.3 is 0 Å². The normalized spacial score (nSPS) is 9.82. The van der Waals surface area contributed by atoms with Gasteiger partial charge in [-0.15, -0.1) is 0 Å². The van der Waals surface area contributed by atoms with Crippen LogP contribution in [0.1, 0.15) is 5.56 Å². The minimum atomic E-state index is -0.487. The molecule has 6 nitrogen and oxygen atoms in total. The molecule has 0 atom stereocenters. The molecule has 0 spiro atoms. The number of rotatable bonds is 2. The molecule has 0 unspecified atom stereocenters. The zero-order valence-electron chi connectivity index (χ0n) is 8.58. The van der Waals surface area contributed by atoms with Crippen LogP contribution in [0.4, 0.5) is 11.6 Å². The van der Waals surface area contributed by atoms with E-state index in [0.717, 1.165) is 0 Å². The van der Waals surface area contributed by atoms with Gasteiger partial charge in [-0.2, -0.15) is 5.26 Å². The molecule has 0 bridgehead atoms. The maximum atomic E-state index is 10.5. The van der Waals surface area contributed by atoms with Crippen LogP contribution in [0.2, 0.25) is 0 Å². The molecule has 2 rings (SSSR count). The predicted molar refractivity (Wildman–Crippen MR) is 59.9 cm³/mol. The highest BCUT2D eigenvalue weighted by Crippen LogP contribution is 2.30. The number of nitro groups is 1. The van der Waals surface area contributed by atoms with Crippen molar-refractivity contribution < 1.29 is 9.34 Å². The first-order valence-corrected chi connectivity index (χ1v) is 4.65. The lowest BCUT2D eigenvalue weighted by Crippen LogP contribution is -1.88. The van der Waals surface area contributed by atoms with Gasteiger partial charge < -0.3 is 10.2 Å². The van der Waals surface area contributed by atoms with E-state index in [1.165, 1.54) is 18.4 Å². The fourth-order valence-corrected chi connectivity index (χ4v) is 1.46. The molecule has 1 aromatic heterocycles. The first-order valence-electron chi connectivity index (χ1n) is 4.65. The third-order valence-corrected chi connectivity index (χ3v) is 2.32. The van der Waals surface area contributed by atoms with Crippen LogP contribution in [0.3, 0.4) is 0 Å². The van der Waals surface area contributed by atoms with E-state index in [4.69, 9.17) is 15.4 Å². The third-order valence-electron chi connectivity index (χ3n) is 2.32. The summed E-state index contributed by atoms with van der Waals surface area (Å²) in [7, 11) is 0. The van der Waals surface area contributed by atoms with E-state index in [1.807, 2.05) is 6.07 Å². The second kappa shape index (κ2) is 3.98. The summed E-state index contributed by atoms with van der Waals surface area (Å²) in [4.78, 5) is 10.0. The molecule has 1 heterocycles. The molecule has 0 amide bonds. The van der Waals surface area contributed by atoms with Gasteiger partial charge in [0.25, 0.3) is 5.69 Å². The average Bonchev–Trinajstić information content (AvgIpc) is 2.70. The molecule has 0 saturated carbocycles. The monoisotopic (exact) mass is 229 g/mol. The first kappa shape index (κ1) is 10.7. The van der Waals surface area contributed by atoms with E-state index in [1.54, 1.807) is 12.1 Å². The zero-order valence-corrected chi connectivity index (χ0v) is 8.58. The highest BCUT2D eigenvalue weighted by atomic mass is 16.6. The van der Waals surface area contributed by atoms with Crippen LogP contribution in [0.15, 0.2) is 34.9 Å². The van der Waals surface area contributed by atoms with Gasteiger partial charge in [0.2, 0.25) is 5.88 Å². The van der Waals surface area contributed by atoms with Crippen molar-refractivity contribution in [3.05, 3.63) is 46.2 Å². The number of anilines is 1. The van der Waals surface area contributed by atoms with Crippen molar-refractivity contribution in [3.8, 4) is 17.2 Å². The molecule has 0 saturated heterocycles. The van der Waals surface area contributed by atoms with Crippen LogP contribution in [0.25, 0.3) is 11.1 Å². The van der Waals surface area contributed by atoms with Crippen molar-refractivity contribution in [2.75, 3.05) is 5.73 Å². The van der Waals surface area contributed by atoms with Gasteiger partial charge in [-0.1, -0.05) is 0 Å². The summed E-state index contributed by atoms with van der Waals surface area (Å²) in [6.07, 6.45) is 1.36. The van der Waals surface area contributed by atoms with Gasteiger partial charge in [0, 0.05) is 17.7 Å². The van der Waals surface area contributed by atoms with Crippen LogP contribution in [-0.2, 0) is 0 Å². The summed E-state index contributed by atoms with van der Waals surface area (Å²) in [5.74, 6) is 0.0425. The molecule has 84 valence electrons. The molecule has 2 aromatic rings. The van der Waals surface area contributed by atoms with Gasteiger partial charge in [0.05, 0.1) is 4.92 Å². The number of nitrogens with two attached hydrogens (primary N) is 1. The molecule has 0 fully saturated rings. The Morgan fingerprint density at radius 1 is 1.35 bits per heavy atom. The van der Waals surface area contributed by atoms with Crippen molar-refractivity contribution in [2.24, 2.45) is 0 Å². The van der Waals surface area contributed by atoms with Crippen molar-refractivity contribution >= 4 is 11.6 Å². The number of nitriles is 1. The van der Waals surface area contributed by atoms with Crippen LogP contribution in [-0.4, -0.2) is 4.92 Å². The van der Waals surface area contributed by atoms with E-state index in [9.17, 15) is 10.1 Å². The largest absolute Gasteiger partial charge is 0.447 e. The van der Waals surface area contributed by atoms with Crippen LogP contribution < -0.4 is 5.73 Å². The number of nitrogen functional groups attached to an aromatic ring is 1. The lowest BCUT2D eigenvalue weighted by molar-refractivity contribution is -0.384. The topological polar surface area (TPSA) is 106 Å². The summed E-state index contributed by atoms with van der Waals surface area (Å²) in [5, 5.41) is 19.4. The Morgan fingerprint density at radius 2 is 2.00 bits per heavy atom. The highest BCUT2D eigenvalue weighted by molar-refractivity contribution is 5.75. The molecular weight excluding hydrogens is 222 g/mol. The Bertz CT molecular complexity index is 608. The number of furan rings is 1. The van der Waals surface area contributed by atoms with Crippen molar-refractivity contribution in [1.82, 2.24) is 0 Å². The lowest BCUT2D eigenvalue weighted by atomic mass is 10.0. The molecule has 0 aliphatic rings. The molecule has 6 heteroatoms. The fourth-order valence-electron chi connectivity index (χ4n) is 1.46. The number of hydrogen-bond donors (Lipinski definition) is 1. The number of non-ortho nitro benzene ring substituents is 1. The number of hydrogen-bond acceptors (Lipinski definition) is 5. The fraction of sp³-hybridized carbons (Fsp3) is 0. The van der Waals surface area contributed by atoms with Crippen LogP contribution >= 0.6 is 0 Å². The minimum absolute atomic E-state index is 0.0104. The van der Waals surface area contributed by atoms with Crippen molar-refractivity contribution in [3.63, 3.8) is 0 Å². The Labute approximate surface area is 96.0 Å². The highest BCUT2D eigenvalue weighted by Gasteiger charge is 2.13. The van der Waals surface area contributed by atoms with E-state index in [0.29, 0.717) is 11.1 Å². The second-order valence-corrected chi connectivity index (χ2v) is 3.30. The molecule has 2 N–H and O–H groups in total. The van der Waals surface area contributed by atoms with Gasteiger partial charge in [-0.05, 0) is 17.7 Å². The summed E-state index contributed by atoms with van der Waals surface area (Å²) in [5.41, 5.74) is 6.87. The Balaban J connectivity index is 2.47. The summed E-state index contributed by atoms with van der Waals surface area (Å²) >= 11 is 0. The smallest absolute Gasteiger partial charge is 0.269 e. The second-order valence-electron chi connectivity index (χ2n) is 3.30. The third kappa shape index (κ3) is 1.81. The number of nitro benzene ring substituents is 1. The van der Waals surface area contributed by atoms with E-state index >= 15 is 0 Å². The van der Waals surface area contributed by atoms with E-state index in [-0.39, 0.29) is 17.1 Å². The van der Waals surface area contributed by atoms with E-state index < -0.39 is 4.92 Å². The predicted octanol–water partition coefficient (Wildman–Crippen LogP) is 2.31. The summed E-state index contributed by atoms with van der Waals surface area (Å²) in [6.45, 7) is 0. The SMILES string of the molecule is N#Cc1c(-c2ccc([N+](=O)[O-])cc2)coc1N. The van der Waals surface area contributed by atoms with Gasteiger partial charge in [0.1, 0.15) is 17.9 Å². The first-order chi connectivity index (χ1) is 8.13. The molecular formula is C11H7N3O3. The molecule has 17 heavy (non-hydrogen) atoms. The van der Waals surface area contributed by atoms with Crippen LogP contribution in [0, 0.1) is 21.4 Å². The summed E-state index contributed by atoms with van der Waals surface area (Å²) in [6, 6.07) is 7.74. The quantitative estimate of drug-likeness (QED) is 0.628. The van der Waals surface area contributed by atoms with E-state index in [2.05, 4.69) is 0 Å². The Morgan fingerprint density at radius 3 is 2.53 bits per heavy atom. The summed E-state index contributed by atoms with van der Waals surface area (Å²) < 4.78 is 4.94. The molecule has 0 aliphatic heterocycles. The minimum Gasteiger partial charge on any atom is -0.447 e. The average molecular weight is 229 g/mol. The maximum Gasteiger partial charge on any atom is 0.269 e. The number of nitrogens with zero attached hydrogens (tertiary/aromatic N) is 2. The molecule has 1 aromatic carbocycles. The lowest BCUT2D eigenvalue weighted by Gasteiger charge is -1.97. The van der Waals surface area contributed by atoms with Crippen LogP contribution in [0.5, 0.6) is 0 Å². The van der Waals surface area contributed by atoms with Gasteiger partial charge in [0.15, 0.2) is 0 Å².